The zero-order valence-electron chi connectivity index (χ0n) is 14.7. The van der Waals surface area contributed by atoms with Crippen LogP contribution in [-0.2, 0) is 19.6 Å². The summed E-state index contributed by atoms with van der Waals surface area (Å²) in [6, 6.07) is 3.51. The van der Waals surface area contributed by atoms with E-state index in [-0.39, 0.29) is 10.8 Å². The van der Waals surface area contributed by atoms with E-state index in [1.54, 1.807) is 12.1 Å². The minimum Gasteiger partial charge on any atom is -0.379 e. The standard InChI is InChI=1S/C17H25N3O4S2/c21-16(19-14-4-2-1-3-5-14)13-25-17-7-6-15(12-18-17)26(22,23)20-8-10-24-11-9-20/h6-7,12,14H,1-5,8-11,13H2,(H,19,21). The molecule has 0 spiro atoms. The van der Waals surface area contributed by atoms with Crippen molar-refractivity contribution in [2.24, 2.45) is 0 Å². The van der Waals surface area contributed by atoms with Crippen molar-refractivity contribution in [3.63, 3.8) is 0 Å². The van der Waals surface area contributed by atoms with Gasteiger partial charge in [-0.3, -0.25) is 4.79 Å². The van der Waals surface area contributed by atoms with Crippen molar-refractivity contribution in [2.45, 2.75) is 48.1 Å². The van der Waals surface area contributed by atoms with E-state index in [0.717, 1.165) is 12.8 Å². The van der Waals surface area contributed by atoms with E-state index in [1.165, 1.54) is 41.5 Å². The van der Waals surface area contributed by atoms with Crippen LogP contribution >= 0.6 is 11.8 Å². The van der Waals surface area contributed by atoms with Gasteiger partial charge in [0.1, 0.15) is 4.90 Å². The number of nitrogens with one attached hydrogen (secondary N) is 1. The van der Waals surface area contributed by atoms with Gasteiger partial charge in [-0.25, -0.2) is 13.4 Å². The van der Waals surface area contributed by atoms with Crippen LogP contribution in [0.3, 0.4) is 0 Å². The lowest BCUT2D eigenvalue weighted by molar-refractivity contribution is -0.119. The van der Waals surface area contributed by atoms with Gasteiger partial charge in [0.05, 0.1) is 24.0 Å². The van der Waals surface area contributed by atoms with Crippen molar-refractivity contribution in [3.8, 4) is 0 Å². The van der Waals surface area contributed by atoms with Crippen LogP contribution in [0.15, 0.2) is 28.3 Å². The number of rotatable bonds is 6. The van der Waals surface area contributed by atoms with Crippen molar-refractivity contribution < 1.29 is 17.9 Å². The fraction of sp³-hybridized carbons (Fsp3) is 0.647. The molecule has 2 heterocycles. The molecule has 144 valence electrons. The molecule has 2 aliphatic rings. The van der Waals surface area contributed by atoms with Crippen molar-refractivity contribution in [1.29, 1.82) is 0 Å². The average molecular weight is 400 g/mol. The zero-order valence-corrected chi connectivity index (χ0v) is 16.4. The van der Waals surface area contributed by atoms with E-state index >= 15 is 0 Å². The fourth-order valence-corrected chi connectivity index (χ4v) is 5.20. The maximum absolute atomic E-state index is 12.5. The van der Waals surface area contributed by atoms with Crippen molar-refractivity contribution in [3.05, 3.63) is 18.3 Å². The first kappa shape index (κ1) is 19.6. The van der Waals surface area contributed by atoms with E-state index in [2.05, 4.69) is 10.3 Å². The van der Waals surface area contributed by atoms with E-state index < -0.39 is 10.0 Å². The van der Waals surface area contributed by atoms with Gasteiger partial charge < -0.3 is 10.1 Å². The molecule has 1 aliphatic heterocycles. The molecule has 1 aliphatic carbocycles. The number of carbonyl (C=O) groups excluding carboxylic acids is 1. The quantitative estimate of drug-likeness (QED) is 0.732. The summed E-state index contributed by atoms with van der Waals surface area (Å²) < 4.78 is 31.7. The Morgan fingerprint density at radius 3 is 2.62 bits per heavy atom. The Bertz CT molecular complexity index is 697. The molecule has 26 heavy (non-hydrogen) atoms. The second-order valence-corrected chi connectivity index (χ2v) is 9.47. The van der Waals surface area contributed by atoms with Crippen LogP contribution in [0.25, 0.3) is 0 Å². The summed E-state index contributed by atoms with van der Waals surface area (Å²) in [5.74, 6) is 0.299. The maximum Gasteiger partial charge on any atom is 0.244 e. The van der Waals surface area contributed by atoms with Gasteiger partial charge in [-0.15, -0.1) is 0 Å². The van der Waals surface area contributed by atoms with Crippen molar-refractivity contribution in [1.82, 2.24) is 14.6 Å². The Balaban J connectivity index is 1.51. The highest BCUT2D eigenvalue weighted by Gasteiger charge is 2.26. The molecule has 0 aromatic carbocycles. The first-order chi connectivity index (χ1) is 12.6. The number of morpholine rings is 1. The number of hydrogen-bond acceptors (Lipinski definition) is 6. The van der Waals surface area contributed by atoms with Gasteiger partial charge in [-0.1, -0.05) is 31.0 Å². The predicted molar refractivity (Wildman–Crippen MR) is 99.6 cm³/mol. The summed E-state index contributed by atoms with van der Waals surface area (Å²) in [5, 5.41) is 3.71. The highest BCUT2D eigenvalue weighted by molar-refractivity contribution is 7.99. The average Bonchev–Trinajstić information content (AvgIpc) is 2.68. The van der Waals surface area contributed by atoms with Crippen molar-refractivity contribution >= 4 is 27.7 Å². The van der Waals surface area contributed by atoms with Crippen LogP contribution in [0.4, 0.5) is 0 Å². The van der Waals surface area contributed by atoms with E-state index in [0.29, 0.717) is 43.1 Å². The molecule has 0 radical (unpaired) electrons. The van der Waals surface area contributed by atoms with Crippen LogP contribution < -0.4 is 5.32 Å². The minimum atomic E-state index is -3.53. The van der Waals surface area contributed by atoms with Crippen molar-refractivity contribution in [2.75, 3.05) is 32.1 Å². The summed E-state index contributed by atoms with van der Waals surface area (Å²) in [6.07, 6.45) is 7.10. The lowest BCUT2D eigenvalue weighted by atomic mass is 9.95. The Morgan fingerprint density at radius 1 is 1.23 bits per heavy atom. The fourth-order valence-electron chi connectivity index (χ4n) is 3.20. The maximum atomic E-state index is 12.5. The molecule has 2 fully saturated rings. The summed E-state index contributed by atoms with van der Waals surface area (Å²) in [6.45, 7) is 1.55. The molecule has 0 bridgehead atoms. The second kappa shape index (κ2) is 9.16. The largest absolute Gasteiger partial charge is 0.379 e. The van der Waals surface area contributed by atoms with E-state index in [4.69, 9.17) is 4.74 Å². The monoisotopic (exact) mass is 399 g/mol. The topological polar surface area (TPSA) is 88.6 Å². The molecule has 1 amide bonds. The molecule has 0 atom stereocenters. The lowest BCUT2D eigenvalue weighted by Crippen LogP contribution is -2.40. The van der Waals surface area contributed by atoms with Gasteiger partial charge in [0.2, 0.25) is 15.9 Å². The molecule has 1 saturated carbocycles. The summed E-state index contributed by atoms with van der Waals surface area (Å²) in [5.41, 5.74) is 0. The van der Waals surface area contributed by atoms with Crippen LogP contribution in [0.5, 0.6) is 0 Å². The van der Waals surface area contributed by atoms with E-state index in [1.807, 2.05) is 0 Å². The molecule has 3 rings (SSSR count). The number of amides is 1. The zero-order chi connectivity index (χ0) is 18.4. The van der Waals surface area contributed by atoms with Crippen LogP contribution in [0, 0.1) is 0 Å². The van der Waals surface area contributed by atoms with Crippen LogP contribution in [0.2, 0.25) is 0 Å². The Morgan fingerprint density at radius 2 is 1.96 bits per heavy atom. The number of ether oxygens (including phenoxy) is 1. The number of pyridine rings is 1. The molecule has 1 aromatic heterocycles. The van der Waals surface area contributed by atoms with E-state index in [9.17, 15) is 13.2 Å². The van der Waals surface area contributed by atoms with Gasteiger partial charge in [-0.2, -0.15) is 4.31 Å². The molecule has 0 unspecified atom stereocenters. The number of aromatic nitrogens is 1. The molecule has 7 nitrogen and oxygen atoms in total. The normalized spacial score (nSPS) is 20.0. The third-order valence-electron chi connectivity index (χ3n) is 4.64. The number of thioether (sulfide) groups is 1. The van der Waals surface area contributed by atoms with Gasteiger partial charge in [0.25, 0.3) is 0 Å². The molecule has 1 N–H and O–H groups in total. The highest BCUT2D eigenvalue weighted by atomic mass is 32.2. The molecule has 9 heteroatoms. The molecular weight excluding hydrogens is 374 g/mol. The Kier molecular flexibility index (Phi) is 6.91. The van der Waals surface area contributed by atoms with Gasteiger partial charge in [-0.05, 0) is 25.0 Å². The summed E-state index contributed by atoms with van der Waals surface area (Å²) in [4.78, 5) is 16.4. The van der Waals surface area contributed by atoms with Crippen LogP contribution in [0.1, 0.15) is 32.1 Å². The Labute approximate surface area is 158 Å². The third kappa shape index (κ3) is 5.18. The smallest absolute Gasteiger partial charge is 0.244 e. The lowest BCUT2D eigenvalue weighted by Gasteiger charge is -2.25. The second-order valence-electron chi connectivity index (χ2n) is 6.54. The molecule has 1 aromatic rings. The minimum absolute atomic E-state index is 0.00807. The first-order valence-corrected chi connectivity index (χ1v) is 11.4. The van der Waals surface area contributed by atoms with Crippen LogP contribution in [-0.4, -0.2) is 61.7 Å². The van der Waals surface area contributed by atoms with Gasteiger partial charge in [0, 0.05) is 25.3 Å². The molecule has 1 saturated heterocycles. The Hall–Kier alpha value is -1.16. The first-order valence-electron chi connectivity index (χ1n) is 9.02. The molecular formula is C17H25N3O4S2. The number of sulfonamides is 1. The highest BCUT2D eigenvalue weighted by Crippen LogP contribution is 2.21. The third-order valence-corrected chi connectivity index (χ3v) is 7.46. The van der Waals surface area contributed by atoms with Gasteiger partial charge >= 0.3 is 0 Å². The number of carbonyl (C=O) groups is 1. The summed E-state index contributed by atoms with van der Waals surface area (Å²) in [7, 11) is -3.53. The number of nitrogens with zero attached hydrogens (tertiary/aromatic N) is 2. The van der Waals surface area contributed by atoms with Gasteiger partial charge in [0.15, 0.2) is 0 Å². The SMILES string of the molecule is O=C(CSc1ccc(S(=O)(=O)N2CCOCC2)cn1)NC1CCCCC1. The number of hydrogen-bond donors (Lipinski definition) is 1. The predicted octanol–water partition coefficient (Wildman–Crippen LogP) is 1.64. The summed E-state index contributed by atoms with van der Waals surface area (Å²) >= 11 is 1.32.